The lowest BCUT2D eigenvalue weighted by molar-refractivity contribution is -0.131. The summed E-state index contributed by atoms with van der Waals surface area (Å²) in [4.78, 5) is 18.9. The normalized spacial score (nSPS) is 17.9. The highest BCUT2D eigenvalue weighted by atomic mass is 16.5. The van der Waals surface area contributed by atoms with Gasteiger partial charge in [-0.1, -0.05) is 35.5 Å². The fraction of sp³-hybridized carbons (Fsp3) is 0.500. The maximum absolute atomic E-state index is 12.5. The van der Waals surface area contributed by atoms with Crippen molar-refractivity contribution in [3.8, 4) is 0 Å². The van der Waals surface area contributed by atoms with Crippen molar-refractivity contribution in [2.24, 2.45) is 0 Å². The minimum absolute atomic E-state index is 0.137. The van der Waals surface area contributed by atoms with Crippen LogP contribution in [0.1, 0.15) is 43.0 Å². The number of ether oxygens (including phenoxy) is 1. The Bertz CT molecular complexity index is 657. The SMILES string of the molecule is CCOCc1nc(C2CCCN(C(=O)Cc3ccccc3)C2)no1. The van der Waals surface area contributed by atoms with Gasteiger partial charge in [0, 0.05) is 25.6 Å². The summed E-state index contributed by atoms with van der Waals surface area (Å²) in [5.74, 6) is 1.48. The van der Waals surface area contributed by atoms with Gasteiger partial charge < -0.3 is 14.2 Å². The molecule has 1 saturated heterocycles. The predicted molar refractivity (Wildman–Crippen MR) is 88.3 cm³/mol. The lowest BCUT2D eigenvalue weighted by Crippen LogP contribution is -2.40. The monoisotopic (exact) mass is 329 g/mol. The lowest BCUT2D eigenvalue weighted by Gasteiger charge is -2.31. The first kappa shape index (κ1) is 16.6. The Kier molecular flexibility index (Phi) is 5.59. The van der Waals surface area contributed by atoms with Crippen molar-refractivity contribution in [1.29, 1.82) is 0 Å². The molecule has 1 amide bonds. The number of piperidine rings is 1. The van der Waals surface area contributed by atoms with Gasteiger partial charge in [0.15, 0.2) is 5.82 Å². The first-order valence-electron chi connectivity index (χ1n) is 8.48. The quantitative estimate of drug-likeness (QED) is 0.815. The zero-order valence-corrected chi connectivity index (χ0v) is 14.0. The number of aromatic nitrogens is 2. The number of benzene rings is 1. The smallest absolute Gasteiger partial charge is 0.252 e. The van der Waals surface area contributed by atoms with Crippen molar-refractivity contribution in [3.05, 3.63) is 47.6 Å². The first-order chi connectivity index (χ1) is 11.8. The van der Waals surface area contributed by atoms with Gasteiger partial charge in [0.25, 0.3) is 5.89 Å². The molecular weight excluding hydrogens is 306 g/mol. The van der Waals surface area contributed by atoms with Crippen LogP contribution in [0.2, 0.25) is 0 Å². The van der Waals surface area contributed by atoms with Crippen LogP contribution in [0, 0.1) is 0 Å². The third-order valence-corrected chi connectivity index (χ3v) is 4.25. The molecule has 0 N–H and O–H groups in total. The van der Waals surface area contributed by atoms with Crippen LogP contribution in [0.5, 0.6) is 0 Å². The van der Waals surface area contributed by atoms with Gasteiger partial charge in [-0.25, -0.2) is 0 Å². The molecule has 1 atom stereocenters. The molecule has 0 radical (unpaired) electrons. The van der Waals surface area contributed by atoms with E-state index in [0.29, 0.717) is 37.9 Å². The molecule has 128 valence electrons. The third-order valence-electron chi connectivity index (χ3n) is 4.25. The van der Waals surface area contributed by atoms with E-state index in [1.165, 1.54) is 0 Å². The molecule has 6 heteroatoms. The topological polar surface area (TPSA) is 68.5 Å². The van der Waals surface area contributed by atoms with E-state index < -0.39 is 0 Å². The van der Waals surface area contributed by atoms with Gasteiger partial charge >= 0.3 is 0 Å². The number of carbonyl (C=O) groups excluding carboxylic acids is 1. The zero-order chi connectivity index (χ0) is 16.8. The Labute approximate surface area is 141 Å². The zero-order valence-electron chi connectivity index (χ0n) is 14.0. The van der Waals surface area contributed by atoms with Gasteiger partial charge in [0.1, 0.15) is 6.61 Å². The number of amides is 1. The molecule has 1 unspecified atom stereocenters. The highest BCUT2D eigenvalue weighted by Crippen LogP contribution is 2.25. The van der Waals surface area contributed by atoms with Crippen molar-refractivity contribution in [2.45, 2.75) is 38.7 Å². The molecule has 1 aliphatic rings. The second-order valence-corrected chi connectivity index (χ2v) is 6.02. The van der Waals surface area contributed by atoms with Crippen LogP contribution in [0.3, 0.4) is 0 Å². The number of hydrogen-bond donors (Lipinski definition) is 0. The number of hydrogen-bond acceptors (Lipinski definition) is 5. The summed E-state index contributed by atoms with van der Waals surface area (Å²) < 4.78 is 10.5. The van der Waals surface area contributed by atoms with Gasteiger partial charge in [-0.2, -0.15) is 4.98 Å². The summed E-state index contributed by atoms with van der Waals surface area (Å²) in [6.45, 7) is 4.33. The van der Waals surface area contributed by atoms with Crippen LogP contribution in [-0.4, -0.2) is 40.6 Å². The van der Waals surface area contributed by atoms with Crippen molar-refractivity contribution in [1.82, 2.24) is 15.0 Å². The highest BCUT2D eigenvalue weighted by Gasteiger charge is 2.28. The number of carbonyl (C=O) groups is 1. The second-order valence-electron chi connectivity index (χ2n) is 6.02. The van der Waals surface area contributed by atoms with Crippen LogP contribution in [0.4, 0.5) is 0 Å². The minimum atomic E-state index is 0.137. The maximum atomic E-state index is 12.5. The molecule has 2 aromatic rings. The van der Waals surface area contributed by atoms with E-state index in [4.69, 9.17) is 9.26 Å². The average Bonchev–Trinajstić information content (AvgIpc) is 3.10. The Morgan fingerprint density at radius 1 is 1.38 bits per heavy atom. The third kappa shape index (κ3) is 4.20. The Hall–Kier alpha value is -2.21. The fourth-order valence-electron chi connectivity index (χ4n) is 2.98. The molecular formula is C18H23N3O3. The van der Waals surface area contributed by atoms with E-state index in [2.05, 4.69) is 10.1 Å². The Morgan fingerprint density at radius 2 is 2.21 bits per heavy atom. The second kappa shape index (κ2) is 8.06. The highest BCUT2D eigenvalue weighted by molar-refractivity contribution is 5.78. The van der Waals surface area contributed by atoms with Gasteiger partial charge in [0.2, 0.25) is 5.91 Å². The van der Waals surface area contributed by atoms with Crippen LogP contribution in [0.25, 0.3) is 0 Å². The lowest BCUT2D eigenvalue weighted by atomic mass is 9.97. The molecule has 0 aliphatic carbocycles. The molecule has 24 heavy (non-hydrogen) atoms. The van der Waals surface area contributed by atoms with E-state index in [0.717, 1.165) is 24.9 Å². The summed E-state index contributed by atoms with van der Waals surface area (Å²) in [7, 11) is 0. The summed E-state index contributed by atoms with van der Waals surface area (Å²) >= 11 is 0. The summed E-state index contributed by atoms with van der Waals surface area (Å²) in [6, 6.07) is 9.85. The van der Waals surface area contributed by atoms with E-state index in [9.17, 15) is 4.79 Å². The largest absolute Gasteiger partial charge is 0.372 e. The van der Waals surface area contributed by atoms with Crippen molar-refractivity contribution in [3.63, 3.8) is 0 Å². The number of rotatable bonds is 6. The van der Waals surface area contributed by atoms with Gasteiger partial charge in [0.05, 0.1) is 6.42 Å². The van der Waals surface area contributed by atoms with Crippen molar-refractivity contribution < 1.29 is 14.1 Å². The summed E-state index contributed by atoms with van der Waals surface area (Å²) in [5, 5.41) is 4.07. The van der Waals surface area contributed by atoms with Gasteiger partial charge in [-0.3, -0.25) is 4.79 Å². The molecule has 1 aromatic heterocycles. The first-order valence-corrected chi connectivity index (χ1v) is 8.48. The summed E-state index contributed by atoms with van der Waals surface area (Å²) in [5.41, 5.74) is 1.04. The van der Waals surface area contributed by atoms with Crippen molar-refractivity contribution in [2.75, 3.05) is 19.7 Å². The molecule has 3 rings (SSSR count). The van der Waals surface area contributed by atoms with Crippen LogP contribution < -0.4 is 0 Å². The predicted octanol–water partition coefficient (Wildman–Crippen LogP) is 2.55. The van der Waals surface area contributed by atoms with E-state index in [-0.39, 0.29) is 11.8 Å². The minimum Gasteiger partial charge on any atom is -0.372 e. The van der Waals surface area contributed by atoms with Gasteiger partial charge in [-0.15, -0.1) is 0 Å². The van der Waals surface area contributed by atoms with E-state index in [1.807, 2.05) is 42.2 Å². The summed E-state index contributed by atoms with van der Waals surface area (Å²) in [6.07, 6.45) is 2.37. The molecule has 1 aliphatic heterocycles. The van der Waals surface area contributed by atoms with E-state index >= 15 is 0 Å². The van der Waals surface area contributed by atoms with Crippen molar-refractivity contribution >= 4 is 5.91 Å². The molecule has 0 spiro atoms. The average molecular weight is 329 g/mol. The fourth-order valence-corrected chi connectivity index (χ4v) is 2.98. The Morgan fingerprint density at radius 3 is 3.00 bits per heavy atom. The van der Waals surface area contributed by atoms with Crippen LogP contribution >= 0.6 is 0 Å². The van der Waals surface area contributed by atoms with E-state index in [1.54, 1.807) is 0 Å². The standard InChI is InChI=1S/C18H23N3O3/c1-2-23-13-16-19-18(20-24-16)15-9-6-10-21(12-15)17(22)11-14-7-4-3-5-8-14/h3-5,7-8,15H,2,6,9-13H2,1H3. The number of likely N-dealkylation sites (tertiary alicyclic amines) is 1. The van der Waals surface area contributed by atoms with Crippen LogP contribution in [-0.2, 0) is 22.6 Å². The molecule has 1 aromatic carbocycles. The number of nitrogens with zero attached hydrogens (tertiary/aromatic N) is 3. The molecule has 0 bridgehead atoms. The molecule has 0 saturated carbocycles. The molecule has 2 heterocycles. The maximum Gasteiger partial charge on any atom is 0.252 e. The molecule has 6 nitrogen and oxygen atoms in total. The van der Waals surface area contributed by atoms with Crippen LogP contribution in [0.15, 0.2) is 34.9 Å². The van der Waals surface area contributed by atoms with Gasteiger partial charge in [-0.05, 0) is 25.3 Å². The Balaban J connectivity index is 1.59. The molecule has 1 fully saturated rings.